The van der Waals surface area contributed by atoms with Crippen molar-refractivity contribution >= 4 is 40.6 Å². The van der Waals surface area contributed by atoms with Crippen molar-refractivity contribution in [1.29, 1.82) is 0 Å². The fraction of sp³-hybridized carbons (Fsp3) is 0.185. The second-order valence-corrected chi connectivity index (χ2v) is 9.27. The molecular formula is C27H24ClNO4S. The highest BCUT2D eigenvalue weighted by molar-refractivity contribution is 8.18. The fourth-order valence-corrected chi connectivity index (χ4v) is 4.49. The molecule has 0 N–H and O–H groups in total. The van der Waals surface area contributed by atoms with Crippen LogP contribution in [0, 0.1) is 13.8 Å². The number of para-hydroxylation sites is 1. The first kappa shape index (κ1) is 23.9. The number of hydrogen-bond donors (Lipinski definition) is 0. The molecule has 0 atom stereocenters. The van der Waals surface area contributed by atoms with Gasteiger partial charge < -0.3 is 9.47 Å². The van der Waals surface area contributed by atoms with E-state index < -0.39 is 0 Å². The maximum absolute atomic E-state index is 12.9. The second kappa shape index (κ2) is 10.8. The topological polar surface area (TPSA) is 55.8 Å². The van der Waals surface area contributed by atoms with Crippen molar-refractivity contribution in [2.45, 2.75) is 20.5 Å². The average molecular weight is 494 g/mol. The third-order valence-electron chi connectivity index (χ3n) is 5.34. The van der Waals surface area contributed by atoms with E-state index in [0.717, 1.165) is 34.2 Å². The van der Waals surface area contributed by atoms with Gasteiger partial charge in [-0.3, -0.25) is 14.5 Å². The van der Waals surface area contributed by atoms with E-state index >= 15 is 0 Å². The maximum atomic E-state index is 12.9. The van der Waals surface area contributed by atoms with Crippen LogP contribution < -0.4 is 9.47 Å². The predicted molar refractivity (Wildman–Crippen MR) is 136 cm³/mol. The molecule has 0 bridgehead atoms. The third kappa shape index (κ3) is 5.64. The Morgan fingerprint density at radius 2 is 1.71 bits per heavy atom. The summed E-state index contributed by atoms with van der Waals surface area (Å²) in [5, 5.41) is 0.319. The van der Waals surface area contributed by atoms with E-state index in [2.05, 4.69) is 0 Å². The van der Waals surface area contributed by atoms with E-state index in [1.54, 1.807) is 6.08 Å². The van der Waals surface area contributed by atoms with Crippen molar-refractivity contribution < 1.29 is 19.1 Å². The van der Waals surface area contributed by atoms with Gasteiger partial charge in [0.05, 0.1) is 11.4 Å². The van der Waals surface area contributed by atoms with Gasteiger partial charge in [0.1, 0.15) is 24.7 Å². The normalized spacial score (nSPS) is 14.7. The molecule has 0 spiro atoms. The van der Waals surface area contributed by atoms with Crippen LogP contribution in [0.5, 0.6) is 11.5 Å². The lowest BCUT2D eigenvalue weighted by Crippen LogP contribution is -2.32. The Bertz CT molecular complexity index is 1260. The number of thioether (sulfide) groups is 1. The minimum atomic E-state index is -0.333. The highest BCUT2D eigenvalue weighted by Crippen LogP contribution is 2.34. The van der Waals surface area contributed by atoms with E-state index in [-0.39, 0.29) is 24.3 Å². The Morgan fingerprint density at radius 1 is 0.941 bits per heavy atom. The molecule has 0 unspecified atom stereocenters. The van der Waals surface area contributed by atoms with Gasteiger partial charge in [-0.05, 0) is 61.0 Å². The number of benzene rings is 3. The zero-order valence-electron chi connectivity index (χ0n) is 18.9. The molecule has 0 aliphatic carbocycles. The van der Waals surface area contributed by atoms with Crippen LogP contribution in [0.25, 0.3) is 6.08 Å². The lowest BCUT2D eigenvalue weighted by atomic mass is 10.1. The number of ether oxygens (including phenoxy) is 2. The summed E-state index contributed by atoms with van der Waals surface area (Å²) in [6.07, 6.45) is 1.69. The summed E-state index contributed by atoms with van der Waals surface area (Å²) in [7, 11) is 0. The Kier molecular flexibility index (Phi) is 7.60. The molecule has 174 valence electrons. The van der Waals surface area contributed by atoms with Crippen LogP contribution in [0.3, 0.4) is 0 Å². The highest BCUT2D eigenvalue weighted by atomic mass is 35.5. The van der Waals surface area contributed by atoms with Crippen LogP contribution in [0.2, 0.25) is 5.02 Å². The zero-order valence-corrected chi connectivity index (χ0v) is 20.5. The van der Waals surface area contributed by atoms with Gasteiger partial charge in [-0.15, -0.1) is 0 Å². The number of rotatable bonds is 8. The summed E-state index contributed by atoms with van der Waals surface area (Å²) in [6.45, 7) is 4.65. The summed E-state index contributed by atoms with van der Waals surface area (Å²) in [5.74, 6) is 1.03. The smallest absolute Gasteiger partial charge is 0.293 e. The van der Waals surface area contributed by atoms with Crippen LogP contribution >= 0.6 is 23.4 Å². The van der Waals surface area contributed by atoms with E-state index in [9.17, 15) is 9.59 Å². The maximum Gasteiger partial charge on any atom is 0.293 e. The number of aryl methyl sites for hydroxylation is 2. The molecule has 1 aliphatic heterocycles. The molecule has 34 heavy (non-hydrogen) atoms. The lowest BCUT2D eigenvalue weighted by molar-refractivity contribution is -0.123. The van der Waals surface area contributed by atoms with Gasteiger partial charge in [0, 0.05) is 16.1 Å². The summed E-state index contributed by atoms with van der Waals surface area (Å²) in [4.78, 5) is 27.0. The largest absolute Gasteiger partial charge is 0.491 e. The number of amides is 2. The van der Waals surface area contributed by atoms with E-state index in [0.29, 0.717) is 27.8 Å². The average Bonchev–Trinajstić information content (AvgIpc) is 3.09. The second-order valence-electron chi connectivity index (χ2n) is 7.87. The van der Waals surface area contributed by atoms with Gasteiger partial charge >= 0.3 is 0 Å². The van der Waals surface area contributed by atoms with E-state index in [1.165, 1.54) is 4.90 Å². The Hall–Kier alpha value is -3.22. The van der Waals surface area contributed by atoms with Crippen molar-refractivity contribution in [2.24, 2.45) is 0 Å². The number of carbonyl (C=O) groups is 2. The molecule has 0 radical (unpaired) electrons. The third-order valence-corrected chi connectivity index (χ3v) is 6.61. The molecule has 1 heterocycles. The van der Waals surface area contributed by atoms with Crippen molar-refractivity contribution in [3.63, 3.8) is 0 Å². The molecule has 1 saturated heterocycles. The SMILES string of the molecule is Cc1ccc(C)c(OCCN2C(=O)S/C(=C\c3ccccc3OCc3ccccc3Cl)C2=O)c1. The van der Waals surface area contributed by atoms with Gasteiger partial charge in [-0.1, -0.05) is 60.1 Å². The first-order chi connectivity index (χ1) is 16.4. The van der Waals surface area contributed by atoms with Crippen LogP contribution in [0.4, 0.5) is 4.79 Å². The molecule has 4 rings (SSSR count). The van der Waals surface area contributed by atoms with Crippen LogP contribution in [0.15, 0.2) is 71.6 Å². The summed E-state index contributed by atoms with van der Waals surface area (Å²) in [6, 6.07) is 20.8. The van der Waals surface area contributed by atoms with E-state index in [4.69, 9.17) is 21.1 Å². The number of imide groups is 1. The van der Waals surface area contributed by atoms with Gasteiger partial charge in [0.25, 0.3) is 11.1 Å². The van der Waals surface area contributed by atoms with Crippen LogP contribution in [0.1, 0.15) is 22.3 Å². The summed E-state index contributed by atoms with van der Waals surface area (Å²) < 4.78 is 11.8. The molecule has 1 aliphatic rings. The summed E-state index contributed by atoms with van der Waals surface area (Å²) >= 11 is 7.14. The Labute approximate surface area is 208 Å². The standard InChI is InChI=1S/C27H24ClNO4S/c1-18-11-12-19(2)24(15-18)32-14-13-29-26(30)25(34-27(29)31)16-20-7-4-6-10-23(20)33-17-21-8-3-5-9-22(21)28/h3-12,15-16H,13-14,17H2,1-2H3/b25-16-. The highest BCUT2D eigenvalue weighted by Gasteiger charge is 2.35. The minimum absolute atomic E-state index is 0.181. The van der Waals surface area contributed by atoms with Crippen molar-refractivity contribution in [3.8, 4) is 11.5 Å². The molecule has 1 fully saturated rings. The van der Waals surface area contributed by atoms with Gasteiger partial charge in [-0.25, -0.2) is 0 Å². The fourth-order valence-electron chi connectivity index (χ4n) is 3.45. The molecule has 5 nitrogen and oxygen atoms in total. The minimum Gasteiger partial charge on any atom is -0.491 e. The van der Waals surface area contributed by atoms with Gasteiger partial charge in [-0.2, -0.15) is 0 Å². The molecule has 2 amide bonds. The van der Waals surface area contributed by atoms with Crippen molar-refractivity contribution in [1.82, 2.24) is 4.90 Å². The first-order valence-corrected chi connectivity index (χ1v) is 12.0. The Morgan fingerprint density at radius 3 is 2.53 bits per heavy atom. The number of carbonyl (C=O) groups excluding carboxylic acids is 2. The van der Waals surface area contributed by atoms with Gasteiger partial charge in [0.2, 0.25) is 0 Å². The van der Waals surface area contributed by atoms with Gasteiger partial charge in [0.15, 0.2) is 0 Å². The quantitative estimate of drug-likeness (QED) is 0.329. The Balaban J connectivity index is 1.43. The molecular weight excluding hydrogens is 470 g/mol. The molecule has 3 aromatic rings. The predicted octanol–water partition coefficient (Wildman–Crippen LogP) is 6.65. The molecule has 0 saturated carbocycles. The van der Waals surface area contributed by atoms with Crippen LogP contribution in [-0.4, -0.2) is 29.2 Å². The zero-order chi connectivity index (χ0) is 24.1. The van der Waals surface area contributed by atoms with Crippen molar-refractivity contribution in [3.05, 3.63) is 98.9 Å². The number of hydrogen-bond acceptors (Lipinski definition) is 5. The summed E-state index contributed by atoms with van der Waals surface area (Å²) in [5.41, 5.74) is 3.67. The molecule has 3 aromatic carbocycles. The molecule has 0 aromatic heterocycles. The first-order valence-electron chi connectivity index (χ1n) is 10.8. The number of halogens is 1. The number of nitrogens with zero attached hydrogens (tertiary/aromatic N) is 1. The van der Waals surface area contributed by atoms with E-state index in [1.807, 2.05) is 80.6 Å². The monoisotopic (exact) mass is 493 g/mol. The molecule has 7 heteroatoms. The van der Waals surface area contributed by atoms with Crippen molar-refractivity contribution in [2.75, 3.05) is 13.2 Å². The van der Waals surface area contributed by atoms with Crippen LogP contribution in [-0.2, 0) is 11.4 Å². The lowest BCUT2D eigenvalue weighted by Gasteiger charge is -2.14.